The SMILES string of the molecule is CCCCC(NCCC)c1cccc2ccsc12. The third-order valence-electron chi connectivity index (χ3n) is 3.37. The summed E-state index contributed by atoms with van der Waals surface area (Å²) >= 11 is 1.87. The molecule has 0 spiro atoms. The Balaban J connectivity index is 2.24. The van der Waals surface area contributed by atoms with E-state index in [4.69, 9.17) is 0 Å². The molecule has 2 rings (SSSR count). The number of thiophene rings is 1. The fourth-order valence-electron chi connectivity index (χ4n) is 2.38. The van der Waals surface area contributed by atoms with E-state index in [1.165, 1.54) is 41.3 Å². The number of hydrogen-bond acceptors (Lipinski definition) is 2. The number of fused-ring (bicyclic) bond motifs is 1. The quantitative estimate of drug-likeness (QED) is 0.728. The van der Waals surface area contributed by atoms with E-state index in [0.717, 1.165) is 6.54 Å². The van der Waals surface area contributed by atoms with Crippen LogP contribution in [0.25, 0.3) is 10.1 Å². The number of hydrogen-bond donors (Lipinski definition) is 1. The Kier molecular flexibility index (Phi) is 5.21. The summed E-state index contributed by atoms with van der Waals surface area (Å²) < 4.78 is 1.46. The normalized spacial score (nSPS) is 13.0. The summed E-state index contributed by atoms with van der Waals surface area (Å²) in [5.41, 5.74) is 1.49. The van der Waals surface area contributed by atoms with Crippen LogP contribution < -0.4 is 5.32 Å². The second-order valence-electron chi connectivity index (χ2n) is 4.84. The fourth-order valence-corrected chi connectivity index (χ4v) is 3.35. The molecule has 0 radical (unpaired) electrons. The van der Waals surface area contributed by atoms with Gasteiger partial charge in [-0.1, -0.05) is 44.9 Å². The smallest absolute Gasteiger partial charge is 0.0390 e. The third-order valence-corrected chi connectivity index (χ3v) is 4.35. The Hall–Kier alpha value is -0.860. The molecule has 0 bridgehead atoms. The van der Waals surface area contributed by atoms with E-state index in [2.05, 4.69) is 48.8 Å². The standard InChI is InChI=1S/C16H23NS/c1-3-5-9-15(17-11-4-2)14-8-6-7-13-10-12-18-16(13)14/h6-8,10,12,15,17H,3-5,9,11H2,1-2H3. The minimum absolute atomic E-state index is 0.521. The lowest BCUT2D eigenvalue weighted by molar-refractivity contribution is 0.484. The molecule has 0 saturated carbocycles. The summed E-state index contributed by atoms with van der Waals surface area (Å²) in [5.74, 6) is 0. The molecule has 0 aliphatic rings. The van der Waals surface area contributed by atoms with Crippen molar-refractivity contribution in [2.45, 2.75) is 45.6 Å². The van der Waals surface area contributed by atoms with E-state index in [1.54, 1.807) is 0 Å². The molecule has 0 aliphatic carbocycles. The topological polar surface area (TPSA) is 12.0 Å². The van der Waals surface area contributed by atoms with Gasteiger partial charge in [-0.15, -0.1) is 11.3 Å². The van der Waals surface area contributed by atoms with Crippen molar-refractivity contribution in [1.29, 1.82) is 0 Å². The first-order valence-electron chi connectivity index (χ1n) is 7.06. The van der Waals surface area contributed by atoms with E-state index in [9.17, 15) is 0 Å². The van der Waals surface area contributed by atoms with Crippen molar-refractivity contribution >= 4 is 21.4 Å². The van der Waals surface area contributed by atoms with Crippen molar-refractivity contribution < 1.29 is 0 Å². The highest BCUT2D eigenvalue weighted by molar-refractivity contribution is 7.17. The van der Waals surface area contributed by atoms with Crippen LogP contribution in [0.4, 0.5) is 0 Å². The van der Waals surface area contributed by atoms with Gasteiger partial charge in [0.15, 0.2) is 0 Å². The third kappa shape index (κ3) is 3.12. The lowest BCUT2D eigenvalue weighted by atomic mass is 10.00. The Morgan fingerprint density at radius 3 is 2.83 bits per heavy atom. The van der Waals surface area contributed by atoms with Crippen LogP contribution in [0, 0.1) is 0 Å². The Morgan fingerprint density at radius 1 is 1.17 bits per heavy atom. The van der Waals surface area contributed by atoms with Gasteiger partial charge in [-0.3, -0.25) is 0 Å². The second-order valence-corrected chi connectivity index (χ2v) is 5.75. The van der Waals surface area contributed by atoms with E-state index < -0.39 is 0 Å². The Morgan fingerprint density at radius 2 is 2.06 bits per heavy atom. The van der Waals surface area contributed by atoms with Crippen molar-refractivity contribution in [3.8, 4) is 0 Å². The molecule has 2 heteroatoms. The summed E-state index contributed by atoms with van der Waals surface area (Å²) in [6.07, 6.45) is 5.00. The molecule has 0 amide bonds. The molecular weight excluding hydrogens is 238 g/mol. The predicted octanol–water partition coefficient (Wildman–Crippen LogP) is 5.13. The highest BCUT2D eigenvalue weighted by Gasteiger charge is 2.13. The molecule has 1 N–H and O–H groups in total. The summed E-state index contributed by atoms with van der Waals surface area (Å²) in [5, 5.41) is 7.29. The molecule has 1 heterocycles. The number of unbranched alkanes of at least 4 members (excludes halogenated alkanes) is 1. The lowest BCUT2D eigenvalue weighted by Gasteiger charge is -2.19. The minimum atomic E-state index is 0.521. The van der Waals surface area contributed by atoms with Crippen LogP contribution in [0.1, 0.15) is 51.1 Å². The van der Waals surface area contributed by atoms with Crippen LogP contribution in [0.3, 0.4) is 0 Å². The molecule has 0 fully saturated rings. The van der Waals surface area contributed by atoms with Gasteiger partial charge in [0.2, 0.25) is 0 Å². The van der Waals surface area contributed by atoms with Crippen LogP contribution >= 0.6 is 11.3 Å². The second kappa shape index (κ2) is 6.91. The van der Waals surface area contributed by atoms with Crippen LogP contribution in [0.5, 0.6) is 0 Å². The lowest BCUT2D eigenvalue weighted by Crippen LogP contribution is -2.22. The molecule has 18 heavy (non-hydrogen) atoms. The molecule has 0 saturated heterocycles. The first kappa shape index (κ1) is 13.6. The maximum Gasteiger partial charge on any atom is 0.0390 e. The zero-order chi connectivity index (χ0) is 12.8. The zero-order valence-corrected chi connectivity index (χ0v) is 12.2. The van der Waals surface area contributed by atoms with E-state index in [1.807, 2.05) is 11.3 Å². The maximum absolute atomic E-state index is 3.71. The summed E-state index contributed by atoms with van der Waals surface area (Å²) in [4.78, 5) is 0. The van der Waals surface area contributed by atoms with Crippen LogP contribution in [0.2, 0.25) is 0 Å². The monoisotopic (exact) mass is 261 g/mol. The fraction of sp³-hybridized carbons (Fsp3) is 0.500. The zero-order valence-electron chi connectivity index (χ0n) is 11.4. The Bertz CT molecular complexity index is 467. The first-order chi connectivity index (χ1) is 8.86. The van der Waals surface area contributed by atoms with Gasteiger partial charge in [-0.2, -0.15) is 0 Å². The van der Waals surface area contributed by atoms with Crippen LogP contribution in [-0.4, -0.2) is 6.54 Å². The molecule has 2 aromatic rings. The Labute approximate surface area is 114 Å². The van der Waals surface area contributed by atoms with Crippen molar-refractivity contribution in [2.75, 3.05) is 6.54 Å². The molecule has 0 aliphatic heterocycles. The van der Waals surface area contributed by atoms with Crippen LogP contribution in [0.15, 0.2) is 29.6 Å². The van der Waals surface area contributed by atoms with Gasteiger partial charge < -0.3 is 5.32 Å². The van der Waals surface area contributed by atoms with Gasteiger partial charge >= 0.3 is 0 Å². The molecule has 1 aromatic carbocycles. The van der Waals surface area contributed by atoms with E-state index >= 15 is 0 Å². The maximum atomic E-state index is 3.71. The highest BCUT2D eigenvalue weighted by Crippen LogP contribution is 2.31. The molecule has 98 valence electrons. The van der Waals surface area contributed by atoms with Gasteiger partial charge in [-0.25, -0.2) is 0 Å². The van der Waals surface area contributed by atoms with Gasteiger partial charge in [0.05, 0.1) is 0 Å². The predicted molar refractivity (Wildman–Crippen MR) is 82.4 cm³/mol. The molecule has 1 unspecified atom stereocenters. The summed E-state index contributed by atoms with van der Waals surface area (Å²) in [7, 11) is 0. The average Bonchev–Trinajstić information content (AvgIpc) is 2.87. The molecule has 1 aromatic heterocycles. The van der Waals surface area contributed by atoms with Crippen molar-refractivity contribution in [3.05, 3.63) is 35.2 Å². The van der Waals surface area contributed by atoms with Gasteiger partial charge in [-0.05, 0) is 41.8 Å². The van der Waals surface area contributed by atoms with Crippen molar-refractivity contribution in [2.24, 2.45) is 0 Å². The molecule has 1 nitrogen and oxygen atoms in total. The van der Waals surface area contributed by atoms with E-state index in [0.29, 0.717) is 6.04 Å². The first-order valence-corrected chi connectivity index (χ1v) is 7.94. The summed E-state index contributed by atoms with van der Waals surface area (Å²) in [6, 6.07) is 9.44. The molecule has 1 atom stereocenters. The van der Waals surface area contributed by atoms with Crippen molar-refractivity contribution in [1.82, 2.24) is 5.32 Å². The summed E-state index contributed by atoms with van der Waals surface area (Å²) in [6.45, 7) is 5.61. The van der Waals surface area contributed by atoms with Gasteiger partial charge in [0.1, 0.15) is 0 Å². The van der Waals surface area contributed by atoms with Crippen LogP contribution in [-0.2, 0) is 0 Å². The van der Waals surface area contributed by atoms with E-state index in [-0.39, 0.29) is 0 Å². The van der Waals surface area contributed by atoms with Gasteiger partial charge in [0, 0.05) is 10.7 Å². The minimum Gasteiger partial charge on any atom is -0.310 e. The van der Waals surface area contributed by atoms with Crippen molar-refractivity contribution in [3.63, 3.8) is 0 Å². The molecular formula is C16H23NS. The number of nitrogens with one attached hydrogen (secondary N) is 1. The highest BCUT2D eigenvalue weighted by atomic mass is 32.1. The average molecular weight is 261 g/mol. The van der Waals surface area contributed by atoms with Gasteiger partial charge in [0.25, 0.3) is 0 Å². The largest absolute Gasteiger partial charge is 0.310 e. The number of rotatable bonds is 7. The number of benzene rings is 1.